The first-order valence-electron chi connectivity index (χ1n) is 8.29. The molecule has 0 spiro atoms. The number of anilines is 2. The van der Waals surface area contributed by atoms with Gasteiger partial charge in [-0.3, -0.25) is 0 Å². The largest absolute Gasteiger partial charge is 0.451 e. The summed E-state index contributed by atoms with van der Waals surface area (Å²) in [7, 11) is 2.07. The highest BCUT2D eigenvalue weighted by Gasteiger charge is 2.14. The molecule has 2 aromatic heterocycles. The molecule has 0 radical (unpaired) electrons. The van der Waals surface area contributed by atoms with Crippen LogP contribution in [0.2, 0.25) is 0 Å². The van der Waals surface area contributed by atoms with E-state index < -0.39 is 0 Å². The Kier molecular flexibility index (Phi) is 6.95. The molecule has 0 aliphatic rings. The fraction of sp³-hybridized carbons (Fsp3) is 0.471. The van der Waals surface area contributed by atoms with Crippen LogP contribution in [0.15, 0.2) is 23.1 Å². The third-order valence-corrected chi connectivity index (χ3v) is 4.24. The van der Waals surface area contributed by atoms with E-state index in [1.807, 2.05) is 12.3 Å². The molecule has 0 aromatic carbocycles. The summed E-state index contributed by atoms with van der Waals surface area (Å²) in [5, 5.41) is 3.28. The van der Waals surface area contributed by atoms with E-state index in [4.69, 9.17) is 10.5 Å². The molecule has 2 rings (SSSR count). The second-order valence-corrected chi connectivity index (χ2v) is 6.88. The number of hydrogen-bond acceptors (Lipinski definition) is 7. The first-order valence-corrected chi connectivity index (χ1v) is 9.08. The minimum Gasteiger partial charge on any atom is -0.451 e. The molecule has 0 fully saturated rings. The number of nitrogens with zero attached hydrogens (tertiary/aromatic N) is 4. The molecule has 25 heavy (non-hydrogen) atoms. The van der Waals surface area contributed by atoms with Crippen molar-refractivity contribution in [3.8, 4) is 11.5 Å². The van der Waals surface area contributed by atoms with E-state index in [1.54, 1.807) is 6.20 Å². The molecular weight excluding hydrogens is 384 g/mol. The van der Waals surface area contributed by atoms with Crippen LogP contribution >= 0.6 is 15.9 Å². The maximum absolute atomic E-state index is 6.09. The molecule has 136 valence electrons. The molecule has 0 atom stereocenters. The Labute approximate surface area is 157 Å². The van der Waals surface area contributed by atoms with Gasteiger partial charge < -0.3 is 20.7 Å². The number of ether oxygens (including phenoxy) is 1. The lowest BCUT2D eigenvalue weighted by molar-refractivity contribution is 0.366. The van der Waals surface area contributed by atoms with Crippen LogP contribution in [0, 0.1) is 0 Å². The van der Waals surface area contributed by atoms with Gasteiger partial charge in [0.15, 0.2) is 11.6 Å². The molecule has 3 N–H and O–H groups in total. The third kappa shape index (κ3) is 5.54. The van der Waals surface area contributed by atoms with E-state index in [1.165, 1.54) is 0 Å². The maximum atomic E-state index is 6.09. The Morgan fingerprint density at radius 2 is 2.04 bits per heavy atom. The number of aromatic nitrogens is 3. The molecule has 0 amide bonds. The van der Waals surface area contributed by atoms with Gasteiger partial charge >= 0.3 is 0 Å². The molecule has 8 heteroatoms. The predicted octanol–water partition coefficient (Wildman–Crippen LogP) is 3.50. The first kappa shape index (κ1) is 19.4. The Hall–Kier alpha value is -1.93. The topological polar surface area (TPSA) is 89.2 Å². The van der Waals surface area contributed by atoms with Gasteiger partial charge in [0.2, 0.25) is 5.95 Å². The highest BCUT2D eigenvalue weighted by Crippen LogP contribution is 2.34. The normalized spacial score (nSPS) is 11.2. The Balaban J connectivity index is 2.23. The average molecular weight is 409 g/mol. The number of nitrogen functional groups attached to an aromatic ring is 1. The SMILES string of the molecule is CCN(C)CCNc1nc(N)ncc1Oc1cc(Br)ncc1C(C)C. The number of halogens is 1. The van der Waals surface area contributed by atoms with Crippen LogP contribution in [0.25, 0.3) is 0 Å². The number of likely N-dealkylation sites (N-methyl/N-ethyl adjacent to an activating group) is 1. The van der Waals surface area contributed by atoms with Crippen LogP contribution in [0.1, 0.15) is 32.3 Å². The zero-order valence-corrected chi connectivity index (χ0v) is 16.7. The Morgan fingerprint density at radius 1 is 1.28 bits per heavy atom. The highest BCUT2D eigenvalue weighted by molar-refractivity contribution is 9.10. The summed E-state index contributed by atoms with van der Waals surface area (Å²) in [4.78, 5) is 14.8. The van der Waals surface area contributed by atoms with E-state index in [0.29, 0.717) is 16.2 Å². The van der Waals surface area contributed by atoms with Crippen molar-refractivity contribution < 1.29 is 4.74 Å². The molecule has 0 saturated heterocycles. The van der Waals surface area contributed by atoms with Crippen molar-refractivity contribution in [2.45, 2.75) is 26.7 Å². The quantitative estimate of drug-likeness (QED) is 0.645. The van der Waals surface area contributed by atoms with E-state index >= 15 is 0 Å². The van der Waals surface area contributed by atoms with Gasteiger partial charge in [-0.25, -0.2) is 9.97 Å². The molecule has 2 aromatic rings. The molecule has 0 aliphatic carbocycles. The summed E-state index contributed by atoms with van der Waals surface area (Å²) in [5.74, 6) is 2.32. The molecule has 0 bridgehead atoms. The monoisotopic (exact) mass is 408 g/mol. The fourth-order valence-corrected chi connectivity index (χ4v) is 2.48. The Bertz CT molecular complexity index is 710. The lowest BCUT2D eigenvalue weighted by Gasteiger charge is -2.17. The average Bonchev–Trinajstić information content (AvgIpc) is 2.56. The molecule has 7 nitrogen and oxygen atoms in total. The summed E-state index contributed by atoms with van der Waals surface area (Å²) in [6.07, 6.45) is 3.40. The second-order valence-electron chi connectivity index (χ2n) is 6.07. The van der Waals surface area contributed by atoms with Crippen LogP contribution in [-0.4, -0.2) is 46.5 Å². The summed E-state index contributed by atoms with van der Waals surface area (Å²) in [5.41, 5.74) is 6.75. The van der Waals surface area contributed by atoms with Gasteiger partial charge in [-0.2, -0.15) is 4.98 Å². The number of nitrogens with one attached hydrogen (secondary N) is 1. The summed E-state index contributed by atoms with van der Waals surface area (Å²) in [6, 6.07) is 1.85. The lowest BCUT2D eigenvalue weighted by Crippen LogP contribution is -2.25. The van der Waals surface area contributed by atoms with Crippen molar-refractivity contribution in [3.63, 3.8) is 0 Å². The molecule has 0 saturated carbocycles. The molecular formula is C17H25BrN6O. The van der Waals surface area contributed by atoms with Crippen LogP contribution in [0.4, 0.5) is 11.8 Å². The number of nitrogens with two attached hydrogens (primary N) is 1. The van der Waals surface area contributed by atoms with Crippen molar-refractivity contribution in [2.24, 2.45) is 0 Å². The highest BCUT2D eigenvalue weighted by atomic mass is 79.9. The van der Waals surface area contributed by atoms with Crippen LogP contribution in [0.5, 0.6) is 11.5 Å². The number of hydrogen-bond donors (Lipinski definition) is 2. The molecule has 0 aliphatic heterocycles. The van der Waals surface area contributed by atoms with E-state index in [0.717, 1.165) is 30.9 Å². The van der Waals surface area contributed by atoms with E-state index in [-0.39, 0.29) is 11.9 Å². The maximum Gasteiger partial charge on any atom is 0.222 e. The predicted molar refractivity (Wildman–Crippen MR) is 104 cm³/mol. The molecule has 0 unspecified atom stereocenters. The van der Waals surface area contributed by atoms with E-state index in [2.05, 4.69) is 68.9 Å². The lowest BCUT2D eigenvalue weighted by atomic mass is 10.1. The molecule has 2 heterocycles. The minimum atomic E-state index is 0.207. The van der Waals surface area contributed by atoms with Crippen molar-refractivity contribution in [3.05, 3.63) is 28.6 Å². The second kappa shape index (κ2) is 8.96. The zero-order chi connectivity index (χ0) is 18.4. The first-order chi connectivity index (χ1) is 11.9. The minimum absolute atomic E-state index is 0.207. The van der Waals surface area contributed by atoms with Gasteiger partial charge in [-0.05, 0) is 35.4 Å². The third-order valence-electron chi connectivity index (χ3n) is 3.80. The summed E-state index contributed by atoms with van der Waals surface area (Å²) in [6.45, 7) is 8.91. The smallest absolute Gasteiger partial charge is 0.222 e. The zero-order valence-electron chi connectivity index (χ0n) is 15.1. The van der Waals surface area contributed by atoms with Crippen molar-refractivity contribution in [2.75, 3.05) is 37.7 Å². The van der Waals surface area contributed by atoms with Crippen LogP contribution in [-0.2, 0) is 0 Å². The van der Waals surface area contributed by atoms with Crippen molar-refractivity contribution in [1.29, 1.82) is 0 Å². The number of pyridine rings is 1. The van der Waals surface area contributed by atoms with Crippen molar-refractivity contribution >= 4 is 27.7 Å². The van der Waals surface area contributed by atoms with E-state index in [9.17, 15) is 0 Å². The van der Waals surface area contributed by atoms with Crippen LogP contribution in [0.3, 0.4) is 0 Å². The van der Waals surface area contributed by atoms with Gasteiger partial charge in [-0.1, -0.05) is 20.8 Å². The Morgan fingerprint density at radius 3 is 2.72 bits per heavy atom. The van der Waals surface area contributed by atoms with Gasteiger partial charge in [0.1, 0.15) is 10.4 Å². The van der Waals surface area contributed by atoms with Crippen LogP contribution < -0.4 is 15.8 Å². The standard InChI is InChI=1S/C17H25BrN6O/c1-5-24(4)7-6-20-16-14(10-22-17(19)23-16)25-13-8-15(18)21-9-12(13)11(2)3/h8-11H,5-7H2,1-4H3,(H3,19,20,22,23). The van der Waals surface area contributed by atoms with Gasteiger partial charge in [0, 0.05) is 30.9 Å². The van der Waals surface area contributed by atoms with Gasteiger partial charge in [-0.15, -0.1) is 0 Å². The van der Waals surface area contributed by atoms with Crippen molar-refractivity contribution in [1.82, 2.24) is 19.9 Å². The summed E-state index contributed by atoms with van der Waals surface area (Å²) >= 11 is 3.39. The summed E-state index contributed by atoms with van der Waals surface area (Å²) < 4.78 is 6.81. The van der Waals surface area contributed by atoms with Gasteiger partial charge in [0.05, 0.1) is 6.20 Å². The van der Waals surface area contributed by atoms with Gasteiger partial charge in [0.25, 0.3) is 0 Å². The fourth-order valence-electron chi connectivity index (χ4n) is 2.17. The number of rotatable bonds is 8.